The van der Waals surface area contributed by atoms with Gasteiger partial charge >= 0.3 is 5.97 Å². The Labute approximate surface area is 110 Å². The number of ether oxygens (including phenoxy) is 1. The number of rotatable bonds is 6. The summed E-state index contributed by atoms with van der Waals surface area (Å²) in [5.74, 6) is -0.329. The average Bonchev–Trinajstić information content (AvgIpc) is 2.38. The highest BCUT2D eigenvalue weighted by molar-refractivity contribution is 7.84. The maximum Gasteiger partial charge on any atom is 0.337 e. The molecule has 2 unspecified atom stereocenters. The molecule has 5 heteroatoms. The van der Waals surface area contributed by atoms with Crippen LogP contribution in [0.1, 0.15) is 22.8 Å². The van der Waals surface area contributed by atoms with E-state index in [4.69, 9.17) is 0 Å². The van der Waals surface area contributed by atoms with Gasteiger partial charge in [-0.2, -0.15) is 0 Å². The standard InChI is InChI=1S/C13H19NO3S/c1-10(18(3)16)8-14-9-11-4-6-12(7-5-11)13(15)17-2/h4-7,10,14H,8-9H2,1-3H3. The lowest BCUT2D eigenvalue weighted by Crippen LogP contribution is -2.27. The Morgan fingerprint density at radius 2 is 2.00 bits per heavy atom. The van der Waals surface area contributed by atoms with Gasteiger partial charge in [-0.15, -0.1) is 0 Å². The number of benzene rings is 1. The van der Waals surface area contributed by atoms with E-state index in [-0.39, 0.29) is 11.2 Å². The SMILES string of the molecule is COC(=O)c1ccc(CNCC(C)S(C)=O)cc1. The minimum Gasteiger partial charge on any atom is -0.465 e. The van der Waals surface area contributed by atoms with Crippen LogP contribution in [0.25, 0.3) is 0 Å². The van der Waals surface area contributed by atoms with Crippen LogP contribution >= 0.6 is 0 Å². The van der Waals surface area contributed by atoms with Gasteiger partial charge in [-0.3, -0.25) is 4.21 Å². The van der Waals surface area contributed by atoms with E-state index in [1.165, 1.54) is 7.11 Å². The first-order valence-electron chi connectivity index (χ1n) is 5.74. The number of hydrogen-bond acceptors (Lipinski definition) is 4. The summed E-state index contributed by atoms with van der Waals surface area (Å²) in [5.41, 5.74) is 1.63. The van der Waals surface area contributed by atoms with Crippen molar-refractivity contribution in [2.75, 3.05) is 19.9 Å². The van der Waals surface area contributed by atoms with Gasteiger partial charge in [0.2, 0.25) is 0 Å². The monoisotopic (exact) mass is 269 g/mol. The lowest BCUT2D eigenvalue weighted by Gasteiger charge is -2.10. The number of methoxy groups -OCH3 is 1. The molecule has 0 spiro atoms. The Morgan fingerprint density at radius 3 is 2.50 bits per heavy atom. The maximum atomic E-state index is 11.2. The maximum absolute atomic E-state index is 11.2. The summed E-state index contributed by atoms with van der Waals surface area (Å²) in [4.78, 5) is 11.2. The Hall–Kier alpha value is -1.20. The molecule has 0 saturated heterocycles. The molecule has 0 aliphatic carbocycles. The molecule has 0 bridgehead atoms. The molecule has 0 aromatic heterocycles. The summed E-state index contributed by atoms with van der Waals surface area (Å²) < 4.78 is 15.8. The highest BCUT2D eigenvalue weighted by Crippen LogP contribution is 2.05. The molecule has 1 N–H and O–H groups in total. The fourth-order valence-electron chi connectivity index (χ4n) is 1.41. The summed E-state index contributed by atoms with van der Waals surface area (Å²) in [6, 6.07) is 7.24. The fraction of sp³-hybridized carbons (Fsp3) is 0.462. The molecule has 0 aliphatic heterocycles. The van der Waals surface area contributed by atoms with Crippen molar-refractivity contribution in [3.05, 3.63) is 35.4 Å². The van der Waals surface area contributed by atoms with E-state index < -0.39 is 10.8 Å². The van der Waals surface area contributed by atoms with Gasteiger partial charge in [0.25, 0.3) is 0 Å². The van der Waals surface area contributed by atoms with Gasteiger partial charge in [0, 0.05) is 35.4 Å². The lowest BCUT2D eigenvalue weighted by atomic mass is 10.1. The molecule has 2 atom stereocenters. The first kappa shape index (κ1) is 14.9. The Bertz CT molecular complexity index is 417. The fourth-order valence-corrected chi connectivity index (χ4v) is 1.77. The highest BCUT2D eigenvalue weighted by Gasteiger charge is 2.06. The van der Waals surface area contributed by atoms with Crippen molar-refractivity contribution < 1.29 is 13.7 Å². The van der Waals surface area contributed by atoms with Crippen LogP contribution in [0.5, 0.6) is 0 Å². The first-order chi connectivity index (χ1) is 8.54. The van der Waals surface area contributed by atoms with Gasteiger partial charge in [0.1, 0.15) is 0 Å². The zero-order valence-corrected chi connectivity index (χ0v) is 11.8. The quantitative estimate of drug-likeness (QED) is 0.792. The molecule has 0 amide bonds. The Balaban J connectivity index is 2.44. The Kier molecular flexibility index (Phi) is 6.01. The zero-order valence-electron chi connectivity index (χ0n) is 10.9. The number of carbonyl (C=O) groups excluding carboxylic acids is 1. The molecule has 1 rings (SSSR count). The normalized spacial score (nSPS) is 13.9. The van der Waals surface area contributed by atoms with E-state index in [0.717, 1.165) is 5.56 Å². The van der Waals surface area contributed by atoms with Crippen LogP contribution < -0.4 is 5.32 Å². The van der Waals surface area contributed by atoms with Crippen molar-refractivity contribution >= 4 is 16.8 Å². The van der Waals surface area contributed by atoms with Crippen molar-refractivity contribution in [2.45, 2.75) is 18.7 Å². The van der Waals surface area contributed by atoms with Crippen LogP contribution in [-0.2, 0) is 22.1 Å². The molecule has 0 radical (unpaired) electrons. The summed E-state index contributed by atoms with van der Waals surface area (Å²) in [5, 5.41) is 3.37. The molecular weight excluding hydrogens is 250 g/mol. The predicted molar refractivity (Wildman–Crippen MR) is 73.0 cm³/mol. The molecule has 4 nitrogen and oxygen atoms in total. The van der Waals surface area contributed by atoms with E-state index in [2.05, 4.69) is 10.1 Å². The average molecular weight is 269 g/mol. The summed E-state index contributed by atoms with van der Waals surface area (Å²) in [6.07, 6.45) is 1.71. The molecule has 0 aliphatic rings. The number of carbonyl (C=O) groups is 1. The van der Waals surface area contributed by atoms with Gasteiger partial charge in [-0.25, -0.2) is 4.79 Å². The van der Waals surface area contributed by atoms with Crippen molar-refractivity contribution in [3.63, 3.8) is 0 Å². The van der Waals surface area contributed by atoms with Crippen molar-refractivity contribution in [1.29, 1.82) is 0 Å². The molecular formula is C13H19NO3S. The van der Waals surface area contributed by atoms with Gasteiger partial charge in [0.15, 0.2) is 0 Å². The van der Waals surface area contributed by atoms with Crippen LogP contribution in [0, 0.1) is 0 Å². The van der Waals surface area contributed by atoms with E-state index >= 15 is 0 Å². The lowest BCUT2D eigenvalue weighted by molar-refractivity contribution is 0.0600. The molecule has 1 aromatic rings. The van der Waals surface area contributed by atoms with Gasteiger partial charge in [0.05, 0.1) is 12.7 Å². The van der Waals surface area contributed by atoms with Gasteiger partial charge in [-0.1, -0.05) is 12.1 Å². The van der Waals surface area contributed by atoms with Crippen LogP contribution in [-0.4, -0.2) is 35.3 Å². The Morgan fingerprint density at radius 1 is 1.39 bits per heavy atom. The second-order valence-corrected chi connectivity index (χ2v) is 5.93. The number of nitrogens with one attached hydrogen (secondary N) is 1. The molecule has 1 aromatic carbocycles. The summed E-state index contributed by atoms with van der Waals surface area (Å²) in [7, 11) is 0.562. The van der Waals surface area contributed by atoms with Crippen LogP contribution in [0.4, 0.5) is 0 Å². The largest absolute Gasteiger partial charge is 0.465 e. The third kappa shape index (κ3) is 4.58. The molecule has 100 valence electrons. The first-order valence-corrected chi connectivity index (χ1v) is 7.37. The second kappa shape index (κ2) is 7.28. The molecule has 0 heterocycles. The minimum absolute atomic E-state index is 0.138. The van der Waals surface area contributed by atoms with Gasteiger partial charge < -0.3 is 10.1 Å². The minimum atomic E-state index is -0.803. The molecule has 18 heavy (non-hydrogen) atoms. The van der Waals surface area contributed by atoms with E-state index in [9.17, 15) is 9.00 Å². The van der Waals surface area contributed by atoms with Crippen molar-refractivity contribution in [3.8, 4) is 0 Å². The topological polar surface area (TPSA) is 55.4 Å². The van der Waals surface area contributed by atoms with Crippen LogP contribution in [0.2, 0.25) is 0 Å². The highest BCUT2D eigenvalue weighted by atomic mass is 32.2. The summed E-state index contributed by atoms with van der Waals surface area (Å²) >= 11 is 0. The molecule has 0 fully saturated rings. The zero-order chi connectivity index (χ0) is 13.5. The van der Waals surface area contributed by atoms with Crippen molar-refractivity contribution in [2.24, 2.45) is 0 Å². The van der Waals surface area contributed by atoms with Crippen LogP contribution in [0.3, 0.4) is 0 Å². The van der Waals surface area contributed by atoms with Gasteiger partial charge in [-0.05, 0) is 24.6 Å². The molecule has 0 saturated carbocycles. The van der Waals surface area contributed by atoms with Crippen LogP contribution in [0.15, 0.2) is 24.3 Å². The number of hydrogen-bond donors (Lipinski definition) is 1. The van der Waals surface area contributed by atoms with Crippen molar-refractivity contribution in [1.82, 2.24) is 5.32 Å². The smallest absolute Gasteiger partial charge is 0.337 e. The van der Waals surface area contributed by atoms with E-state index in [1.54, 1.807) is 18.4 Å². The van der Waals surface area contributed by atoms with E-state index in [1.807, 2.05) is 19.1 Å². The third-order valence-electron chi connectivity index (χ3n) is 2.70. The second-order valence-electron chi connectivity index (χ2n) is 4.13. The predicted octanol–water partition coefficient (Wildman–Crippen LogP) is 1.33. The van der Waals surface area contributed by atoms with E-state index in [0.29, 0.717) is 18.7 Å². The number of esters is 1. The third-order valence-corrected chi connectivity index (χ3v) is 4.00. The summed E-state index contributed by atoms with van der Waals surface area (Å²) in [6.45, 7) is 3.36.